The normalized spacial score (nSPS) is 19.6. The van der Waals surface area contributed by atoms with Crippen LogP contribution >= 0.6 is 44.8 Å². The van der Waals surface area contributed by atoms with Crippen LogP contribution in [0.3, 0.4) is 0 Å². The summed E-state index contributed by atoms with van der Waals surface area (Å²) in [5, 5.41) is 41.6. The first-order valence-corrected chi connectivity index (χ1v) is 49.3. The number of unbranched alkanes of at least 4 members (excludes halogenated alkanes) is 3. The van der Waals surface area contributed by atoms with Gasteiger partial charge in [-0.05, 0) is 193 Å². The van der Waals surface area contributed by atoms with Crippen LogP contribution in [0.2, 0.25) is 0 Å². The number of para-hydroxylation sites is 2. The highest BCUT2D eigenvalue weighted by Gasteiger charge is 2.45. The summed E-state index contributed by atoms with van der Waals surface area (Å²) in [6.45, 7) is 9.52. The number of ketones is 3. The number of primary amides is 1. The number of aromatic nitrogens is 1. The van der Waals surface area contributed by atoms with Gasteiger partial charge in [-0.25, -0.2) is 0 Å². The molecule has 6 aromatic carbocycles. The molecule has 698 valence electrons. The summed E-state index contributed by atoms with van der Waals surface area (Å²) in [5.41, 5.74) is 24.0. The second-order valence-corrected chi connectivity index (χ2v) is 38.2. The fourth-order valence-electron chi connectivity index (χ4n) is 17.3. The molecule has 1 aromatic heterocycles. The monoisotopic (exact) mass is 1860 g/mol. The predicted octanol–water partition coefficient (Wildman–Crippen LogP) is 11.4. The molecular weight excluding hydrogens is 1740 g/mol. The van der Waals surface area contributed by atoms with Crippen LogP contribution in [0.4, 0.5) is 11.4 Å². The first kappa shape index (κ1) is 101. The number of nitrogens with zero attached hydrogens (tertiary/aromatic N) is 2. The predicted molar refractivity (Wildman–Crippen MR) is 517 cm³/mol. The van der Waals surface area contributed by atoms with Crippen molar-refractivity contribution in [2.45, 2.75) is 216 Å². The number of carbonyl (C=O) groups excluding carboxylic acids is 11. The van der Waals surface area contributed by atoms with Crippen molar-refractivity contribution in [1.29, 1.82) is 0 Å². The molecule has 0 unspecified atom stereocenters. The molecule has 1 fully saturated rings. The Morgan fingerprint density at radius 1 is 0.679 bits per heavy atom. The van der Waals surface area contributed by atoms with E-state index in [-0.39, 0.29) is 86.6 Å². The molecule has 26 nitrogen and oxygen atoms in total. The average molecular weight is 1870 g/mol. The van der Waals surface area contributed by atoms with E-state index in [0.29, 0.717) is 60.6 Å². The van der Waals surface area contributed by atoms with Crippen LogP contribution in [0.1, 0.15) is 169 Å². The molecular formula is C101H125Cl2N12O14S2+. The van der Waals surface area contributed by atoms with Gasteiger partial charge in [0.15, 0.2) is 11.5 Å². The number of aliphatic hydroxyl groups is 2. The van der Waals surface area contributed by atoms with E-state index < -0.39 is 126 Å². The Balaban J connectivity index is 0.739. The lowest BCUT2D eigenvalue weighted by molar-refractivity contribution is -0.438. The van der Waals surface area contributed by atoms with Crippen LogP contribution in [0.25, 0.3) is 17.0 Å². The number of anilines is 1. The van der Waals surface area contributed by atoms with Crippen LogP contribution in [-0.4, -0.2) is 195 Å². The molecule has 1 saturated heterocycles. The largest absolute Gasteiger partial charge is 0.456 e. The molecule has 4 heterocycles. The summed E-state index contributed by atoms with van der Waals surface area (Å²) in [6, 6.07) is 39.4. The number of fused-ring (bicyclic) bond motifs is 4. The number of H-pyrrole nitrogens is 1. The van der Waals surface area contributed by atoms with E-state index in [1.165, 1.54) is 25.0 Å². The standard InChI is InChI=1S/C101H124Cl2N12O14S2/c1-64(116)92(95(105)123)112-99(127)84-63-131-130-62-83(87(120)59-73(53-67-23-8-5-9-24-67)86(119)60-74(58-75-61-107-80-33-15-13-31-78(75)80)96(124)109-81(34-17-18-48-104)97(125)113-93(65(2)117)100(128)111-84)110-98(126)82(55-68-25-10-6-11-26-68)108-91(122)37-22-49-106-90(121)36-12-7-19-50-115-85-35-16-14-32-79(85)101(3,4)89(115)45-42-70-28-21-29-72-57-71-41-38-69(56-88(71)129-94(70)72)54-77(118)30-20-27-66-39-43-76(44-40-66)114(51-46-102)52-47-103/h5-6,8-11,13-16,23-26,31-33,35,38-45,56-57,61,64-65,73-74,81-84,92-93,107,116-117H,7,12,17-22,27-30,34,36-37,46-55,58-60,62-63,104H2,1-4H3,(H8-,105,106,108,109,110,111,112,113,121,122,123,124,125,126,127,128)/p+1/b45-42+/t64-,65-,73-,74-,81+,82+,83+,84+,92+,93+/m1/s1. The van der Waals surface area contributed by atoms with Crippen LogP contribution in [0.5, 0.6) is 5.75 Å². The Hall–Kier alpha value is -10.7. The van der Waals surface area contributed by atoms with Gasteiger partial charge in [0.05, 0.1) is 23.7 Å². The Bertz CT molecular complexity index is 5270. The number of amides is 8. The van der Waals surface area contributed by atoms with Crippen molar-refractivity contribution in [3.63, 3.8) is 0 Å². The smallest absolute Gasteiger partial charge is 0.245 e. The number of rotatable bonds is 41. The number of nitrogens with two attached hydrogens (primary N) is 2. The number of nitrogens with one attached hydrogen (secondary N) is 8. The molecule has 8 amide bonds. The first-order valence-electron chi connectivity index (χ1n) is 45.7. The van der Waals surface area contributed by atoms with Crippen molar-refractivity contribution < 1.29 is 72.3 Å². The summed E-state index contributed by atoms with van der Waals surface area (Å²) < 4.78 is 9.22. The Morgan fingerprint density at radius 3 is 2.10 bits per heavy atom. The molecule has 3 aliphatic heterocycles. The number of alkyl halides is 2. The lowest BCUT2D eigenvalue weighted by atomic mass is 9.81. The van der Waals surface area contributed by atoms with Crippen LogP contribution in [0.15, 0.2) is 187 Å². The fourth-order valence-corrected chi connectivity index (χ4v) is 20.1. The van der Waals surface area contributed by atoms with Gasteiger partial charge in [0, 0.05) is 152 Å². The van der Waals surface area contributed by atoms with Gasteiger partial charge in [-0.3, -0.25) is 52.7 Å². The third-order valence-corrected chi connectivity index (χ3v) is 27.4. The summed E-state index contributed by atoms with van der Waals surface area (Å²) in [4.78, 5) is 164. The molecule has 1 aliphatic carbocycles. The highest BCUT2D eigenvalue weighted by molar-refractivity contribution is 8.76. The zero-order valence-corrected chi connectivity index (χ0v) is 78.3. The number of ether oxygens (including phenoxy) is 1. The first-order chi connectivity index (χ1) is 63.2. The quantitative estimate of drug-likeness (QED) is 0.00733. The number of Topliss-reactive ketones (excluding diaryl/α,β-unsaturated/α-hetero) is 3. The maximum absolute atomic E-state index is 15.5. The van der Waals surface area contributed by atoms with Gasteiger partial charge in [0.2, 0.25) is 52.9 Å². The van der Waals surface area contributed by atoms with Gasteiger partial charge in [-0.2, -0.15) is 4.58 Å². The van der Waals surface area contributed by atoms with Gasteiger partial charge in [0.25, 0.3) is 0 Å². The molecule has 10 atom stereocenters. The molecule has 14 N–H and O–H groups in total. The van der Waals surface area contributed by atoms with Crippen molar-refractivity contribution in [2.75, 3.05) is 60.9 Å². The number of carbonyl (C=O) groups is 11. The van der Waals surface area contributed by atoms with Crippen molar-refractivity contribution in [2.24, 2.45) is 23.3 Å². The van der Waals surface area contributed by atoms with Gasteiger partial charge in [0.1, 0.15) is 59.8 Å². The number of benzene rings is 6. The van der Waals surface area contributed by atoms with Crippen LogP contribution < -0.4 is 58.3 Å². The Kier molecular flexibility index (Phi) is 38.7. The highest BCUT2D eigenvalue weighted by atomic mass is 35.5. The third-order valence-electron chi connectivity index (χ3n) is 24.6. The molecule has 0 saturated carbocycles. The van der Waals surface area contributed by atoms with Crippen molar-refractivity contribution >= 4 is 143 Å². The lowest BCUT2D eigenvalue weighted by Gasteiger charge is -2.29. The number of aromatic amines is 1. The topological polar surface area (TPSA) is 396 Å². The number of aliphatic hydroxyl groups excluding tert-OH is 2. The molecule has 0 radical (unpaired) electrons. The fraction of sp³-hybridized carbons (Fsp3) is 0.446. The molecule has 131 heavy (non-hydrogen) atoms. The summed E-state index contributed by atoms with van der Waals surface area (Å²) in [7, 11) is 1.96. The second-order valence-electron chi connectivity index (χ2n) is 34.9. The summed E-state index contributed by atoms with van der Waals surface area (Å²) in [6.07, 6.45) is 12.9. The highest BCUT2D eigenvalue weighted by Crippen LogP contribution is 2.43. The molecule has 30 heteroatoms. The number of halogens is 2. The zero-order chi connectivity index (χ0) is 93.5. The molecule has 7 aromatic rings. The lowest BCUT2D eigenvalue weighted by Crippen LogP contribution is -2.61. The van der Waals surface area contributed by atoms with Crippen molar-refractivity contribution in [3.8, 4) is 5.75 Å². The van der Waals surface area contributed by atoms with E-state index in [2.05, 4.69) is 138 Å². The number of allylic oxidation sites excluding steroid dienone is 4. The van der Waals surface area contributed by atoms with E-state index in [4.69, 9.17) is 39.4 Å². The molecule has 0 bridgehead atoms. The molecule has 0 spiro atoms. The number of hydrogen-bond acceptors (Lipinski definition) is 18. The zero-order valence-electron chi connectivity index (χ0n) is 75.1. The maximum Gasteiger partial charge on any atom is 0.245 e. The second kappa shape index (κ2) is 50.2. The van der Waals surface area contributed by atoms with E-state index in [9.17, 15) is 43.8 Å². The van der Waals surface area contributed by atoms with Crippen molar-refractivity contribution in [3.05, 3.63) is 226 Å². The maximum atomic E-state index is 15.5. The number of hydrogen-bond donors (Lipinski definition) is 12. The minimum Gasteiger partial charge on any atom is -0.456 e. The molecule has 11 rings (SSSR count). The van der Waals surface area contributed by atoms with E-state index in [0.717, 1.165) is 148 Å². The van der Waals surface area contributed by atoms with Gasteiger partial charge < -0.3 is 73.5 Å². The van der Waals surface area contributed by atoms with Crippen LogP contribution in [-0.2, 0) is 90.3 Å². The Morgan fingerprint density at radius 2 is 1.37 bits per heavy atom. The van der Waals surface area contributed by atoms with E-state index >= 15 is 19.2 Å². The summed E-state index contributed by atoms with van der Waals surface area (Å²) in [5.74, 6) is -7.23. The van der Waals surface area contributed by atoms with Crippen LogP contribution in [0, 0.1) is 11.8 Å². The van der Waals surface area contributed by atoms with Crippen molar-refractivity contribution in [1.82, 2.24) is 42.2 Å². The van der Waals surface area contributed by atoms with Gasteiger partial charge >= 0.3 is 0 Å². The number of aryl methyl sites for hydroxylation is 1. The minimum absolute atomic E-state index is 0.00779. The third kappa shape index (κ3) is 29.1. The average Bonchev–Trinajstić information content (AvgIpc) is 1.59. The Labute approximate surface area is 785 Å². The SMILES string of the molecule is C[C@@H](O)[C@H](NC(=O)[C@@H]1CSSC[C@H](NC(=O)[C@H](Cc2ccccc2)NC(=O)CCCNC(=O)CCCCC[N+]2=C(/C=C/C3=C4Oc5cc(CC(=O)CCCc6ccc(N(CCCl)CCCl)cc6)ccc5C=C4CCC3)C(C)(C)c3ccccc32)C(=O)C[C@@H](Cc2ccccc2)C(=O)C[C@@H](Cc2c[nH]c3ccccc23)C(=O)N[C@@H](CCCCN)C(=O)N[C@@H]([C@@H](C)O)C(=O)N1)C(N)=O. The molecule has 4 aliphatic rings. The summed E-state index contributed by atoms with van der Waals surface area (Å²) >= 11 is 12.1. The van der Waals surface area contributed by atoms with Gasteiger partial charge in [-0.15, -0.1) is 23.2 Å². The minimum atomic E-state index is -1.75. The van der Waals surface area contributed by atoms with E-state index in [1.54, 1.807) is 54.7 Å². The van der Waals surface area contributed by atoms with E-state index in [1.807, 2.05) is 48.5 Å². The van der Waals surface area contributed by atoms with Gasteiger partial charge in [-0.1, -0.05) is 143 Å².